The van der Waals surface area contributed by atoms with Crippen molar-refractivity contribution in [3.63, 3.8) is 0 Å². The molecule has 2 aromatic rings. The summed E-state index contributed by atoms with van der Waals surface area (Å²) in [6.45, 7) is 2.75. The standard InChI is InChI=1S/C11H14N6O2/c1-8-5-10(19-13-8)9-3-2-4-17(9)11(18)6-16-7-12-14-15-16/h5,7,9H,2-4,6H2,1H3. The summed E-state index contributed by atoms with van der Waals surface area (Å²) in [5.41, 5.74) is 0.828. The fourth-order valence-electron chi connectivity index (χ4n) is 2.38. The Hall–Kier alpha value is -2.25. The van der Waals surface area contributed by atoms with Crippen LogP contribution in [0.4, 0.5) is 0 Å². The summed E-state index contributed by atoms with van der Waals surface area (Å²) in [5, 5.41) is 14.6. The third-order valence-electron chi connectivity index (χ3n) is 3.24. The number of carbonyl (C=O) groups is 1. The molecule has 100 valence electrons. The van der Waals surface area contributed by atoms with Gasteiger partial charge in [-0.05, 0) is 30.2 Å². The molecule has 0 aromatic carbocycles. The van der Waals surface area contributed by atoms with E-state index in [4.69, 9.17) is 4.52 Å². The zero-order valence-electron chi connectivity index (χ0n) is 10.6. The van der Waals surface area contributed by atoms with Gasteiger partial charge in [0.25, 0.3) is 0 Å². The van der Waals surface area contributed by atoms with Gasteiger partial charge < -0.3 is 9.42 Å². The Kier molecular flexibility index (Phi) is 2.98. The van der Waals surface area contributed by atoms with E-state index in [1.54, 1.807) is 0 Å². The van der Waals surface area contributed by atoms with E-state index in [1.165, 1.54) is 11.0 Å². The summed E-state index contributed by atoms with van der Waals surface area (Å²) in [7, 11) is 0. The van der Waals surface area contributed by atoms with Gasteiger partial charge in [0.15, 0.2) is 5.76 Å². The highest BCUT2D eigenvalue weighted by molar-refractivity contribution is 5.76. The van der Waals surface area contributed by atoms with Crippen LogP contribution in [0.3, 0.4) is 0 Å². The van der Waals surface area contributed by atoms with Crippen LogP contribution in [0.1, 0.15) is 30.3 Å². The van der Waals surface area contributed by atoms with Gasteiger partial charge in [0.2, 0.25) is 5.91 Å². The molecule has 1 unspecified atom stereocenters. The molecule has 19 heavy (non-hydrogen) atoms. The molecule has 1 fully saturated rings. The molecular formula is C11H14N6O2. The number of rotatable bonds is 3. The first-order valence-corrected chi connectivity index (χ1v) is 6.17. The molecule has 8 heteroatoms. The molecule has 1 aliphatic rings. The Labute approximate surface area is 109 Å². The summed E-state index contributed by atoms with van der Waals surface area (Å²) in [6, 6.07) is 1.86. The number of hydrogen-bond acceptors (Lipinski definition) is 6. The van der Waals surface area contributed by atoms with Crippen LogP contribution < -0.4 is 0 Å². The Morgan fingerprint density at radius 3 is 3.16 bits per heavy atom. The fraction of sp³-hybridized carbons (Fsp3) is 0.545. The van der Waals surface area contributed by atoms with Crippen molar-refractivity contribution in [3.8, 4) is 0 Å². The van der Waals surface area contributed by atoms with Gasteiger partial charge in [0.1, 0.15) is 12.9 Å². The largest absolute Gasteiger partial charge is 0.359 e. The van der Waals surface area contributed by atoms with Crippen LogP contribution in [-0.2, 0) is 11.3 Å². The lowest BCUT2D eigenvalue weighted by atomic mass is 10.1. The Morgan fingerprint density at radius 2 is 2.47 bits per heavy atom. The Balaban J connectivity index is 1.74. The number of carbonyl (C=O) groups excluding carboxylic acids is 1. The molecule has 0 aliphatic carbocycles. The number of likely N-dealkylation sites (tertiary alicyclic amines) is 1. The van der Waals surface area contributed by atoms with Crippen LogP contribution in [0, 0.1) is 6.92 Å². The van der Waals surface area contributed by atoms with E-state index in [0.29, 0.717) is 0 Å². The Morgan fingerprint density at radius 1 is 1.58 bits per heavy atom. The average Bonchev–Trinajstić information content (AvgIpc) is 3.07. The molecule has 1 atom stereocenters. The number of nitrogens with zero attached hydrogens (tertiary/aromatic N) is 6. The molecule has 2 aromatic heterocycles. The molecular weight excluding hydrogens is 248 g/mol. The van der Waals surface area contributed by atoms with Crippen molar-refractivity contribution in [2.24, 2.45) is 0 Å². The van der Waals surface area contributed by atoms with Crippen LogP contribution in [-0.4, -0.2) is 42.7 Å². The zero-order chi connectivity index (χ0) is 13.2. The van der Waals surface area contributed by atoms with E-state index in [-0.39, 0.29) is 18.5 Å². The predicted octanol–water partition coefficient (Wildman–Crippen LogP) is 0.333. The first kappa shape index (κ1) is 11.8. The van der Waals surface area contributed by atoms with E-state index in [9.17, 15) is 4.79 Å². The number of hydrogen-bond donors (Lipinski definition) is 0. The van der Waals surface area contributed by atoms with Crippen LogP contribution in [0.25, 0.3) is 0 Å². The van der Waals surface area contributed by atoms with Gasteiger partial charge in [-0.1, -0.05) is 5.16 Å². The van der Waals surface area contributed by atoms with E-state index in [1.807, 2.05) is 17.9 Å². The lowest BCUT2D eigenvalue weighted by Crippen LogP contribution is -2.33. The molecule has 1 aliphatic heterocycles. The second-order valence-electron chi connectivity index (χ2n) is 4.62. The maximum Gasteiger partial charge on any atom is 0.245 e. The first-order chi connectivity index (χ1) is 9.24. The lowest BCUT2D eigenvalue weighted by molar-refractivity contribution is -0.133. The smallest absolute Gasteiger partial charge is 0.245 e. The molecule has 0 saturated carbocycles. The van der Waals surface area contributed by atoms with Crippen molar-refractivity contribution < 1.29 is 9.32 Å². The lowest BCUT2D eigenvalue weighted by Gasteiger charge is -2.22. The quantitative estimate of drug-likeness (QED) is 0.792. The van der Waals surface area contributed by atoms with Gasteiger partial charge in [0.05, 0.1) is 11.7 Å². The van der Waals surface area contributed by atoms with Crippen molar-refractivity contribution in [1.29, 1.82) is 0 Å². The van der Waals surface area contributed by atoms with Gasteiger partial charge in [-0.15, -0.1) is 5.10 Å². The van der Waals surface area contributed by atoms with Gasteiger partial charge in [-0.2, -0.15) is 0 Å². The van der Waals surface area contributed by atoms with E-state index in [2.05, 4.69) is 20.7 Å². The number of aryl methyl sites for hydroxylation is 1. The van der Waals surface area contributed by atoms with Crippen molar-refractivity contribution in [2.45, 2.75) is 32.4 Å². The maximum atomic E-state index is 12.3. The maximum absolute atomic E-state index is 12.3. The highest BCUT2D eigenvalue weighted by atomic mass is 16.5. The summed E-state index contributed by atoms with van der Waals surface area (Å²) in [4.78, 5) is 14.1. The van der Waals surface area contributed by atoms with Crippen molar-refractivity contribution in [3.05, 3.63) is 23.8 Å². The summed E-state index contributed by atoms with van der Waals surface area (Å²) in [5.74, 6) is 0.740. The number of tetrazole rings is 1. The van der Waals surface area contributed by atoms with Crippen LogP contribution in [0.2, 0.25) is 0 Å². The number of amides is 1. The molecule has 1 amide bonds. The van der Waals surface area contributed by atoms with Gasteiger partial charge in [-0.3, -0.25) is 4.79 Å². The summed E-state index contributed by atoms with van der Waals surface area (Å²) < 4.78 is 6.69. The molecule has 1 saturated heterocycles. The summed E-state index contributed by atoms with van der Waals surface area (Å²) >= 11 is 0. The topological polar surface area (TPSA) is 89.9 Å². The third kappa shape index (κ3) is 2.33. The van der Waals surface area contributed by atoms with Gasteiger partial charge in [-0.25, -0.2) is 4.68 Å². The minimum atomic E-state index is -0.0230. The minimum absolute atomic E-state index is 0.0103. The zero-order valence-corrected chi connectivity index (χ0v) is 10.6. The van der Waals surface area contributed by atoms with Crippen LogP contribution >= 0.6 is 0 Å². The molecule has 3 heterocycles. The Bertz CT molecular complexity index is 564. The summed E-state index contributed by atoms with van der Waals surface area (Å²) in [6.07, 6.45) is 3.29. The number of aromatic nitrogens is 5. The van der Waals surface area contributed by atoms with Crippen molar-refractivity contribution >= 4 is 5.91 Å². The first-order valence-electron chi connectivity index (χ1n) is 6.17. The fourth-order valence-corrected chi connectivity index (χ4v) is 2.38. The van der Waals surface area contributed by atoms with Gasteiger partial charge >= 0.3 is 0 Å². The van der Waals surface area contributed by atoms with Crippen molar-refractivity contribution in [2.75, 3.05) is 6.54 Å². The normalized spacial score (nSPS) is 19.0. The molecule has 0 radical (unpaired) electrons. The van der Waals surface area contributed by atoms with E-state index >= 15 is 0 Å². The van der Waals surface area contributed by atoms with E-state index < -0.39 is 0 Å². The highest BCUT2D eigenvalue weighted by Gasteiger charge is 2.32. The predicted molar refractivity (Wildman–Crippen MR) is 62.7 cm³/mol. The highest BCUT2D eigenvalue weighted by Crippen LogP contribution is 2.32. The molecule has 0 spiro atoms. The second-order valence-corrected chi connectivity index (χ2v) is 4.62. The van der Waals surface area contributed by atoms with E-state index in [0.717, 1.165) is 30.8 Å². The molecule has 0 bridgehead atoms. The molecule has 8 nitrogen and oxygen atoms in total. The van der Waals surface area contributed by atoms with Crippen molar-refractivity contribution in [1.82, 2.24) is 30.3 Å². The monoisotopic (exact) mass is 262 g/mol. The SMILES string of the molecule is Cc1cc(C2CCCN2C(=O)Cn2cnnn2)on1. The molecule has 3 rings (SSSR count). The average molecular weight is 262 g/mol. The minimum Gasteiger partial charge on any atom is -0.359 e. The second kappa shape index (κ2) is 4.79. The van der Waals surface area contributed by atoms with Crippen LogP contribution in [0.15, 0.2) is 16.9 Å². The molecule has 0 N–H and O–H groups in total. The third-order valence-corrected chi connectivity index (χ3v) is 3.24. The van der Waals surface area contributed by atoms with Crippen LogP contribution in [0.5, 0.6) is 0 Å². The van der Waals surface area contributed by atoms with Gasteiger partial charge in [0, 0.05) is 12.6 Å².